The van der Waals surface area contributed by atoms with Crippen LogP contribution in [0.5, 0.6) is 5.75 Å². The second kappa shape index (κ2) is 4.88. The van der Waals surface area contributed by atoms with Crippen molar-refractivity contribution in [1.29, 1.82) is 0 Å². The van der Waals surface area contributed by atoms with E-state index in [9.17, 15) is 18.0 Å². The summed E-state index contributed by atoms with van der Waals surface area (Å²) in [6.07, 6.45) is -3.81. The highest BCUT2D eigenvalue weighted by atomic mass is 79.9. The summed E-state index contributed by atoms with van der Waals surface area (Å²) in [5.41, 5.74) is -0.858. The average molecular weight is 302 g/mol. The molecule has 0 unspecified atom stereocenters. The molecule has 0 aliphatic heterocycles. The highest BCUT2D eigenvalue weighted by Gasteiger charge is 2.33. The lowest BCUT2D eigenvalue weighted by atomic mass is 10.1. The van der Waals surface area contributed by atoms with Crippen LogP contribution in [0.15, 0.2) is 11.0 Å². The number of aliphatic hydroxyl groups is 1. The van der Waals surface area contributed by atoms with Crippen molar-refractivity contribution < 1.29 is 23.0 Å². The second-order valence-corrected chi connectivity index (χ2v) is 3.35. The molecule has 8 heteroatoms. The van der Waals surface area contributed by atoms with Crippen molar-refractivity contribution in [3.05, 3.63) is 27.7 Å². The van der Waals surface area contributed by atoms with E-state index in [1.165, 1.54) is 0 Å². The summed E-state index contributed by atoms with van der Waals surface area (Å²) >= 11 is 2.93. The zero-order valence-electron chi connectivity index (χ0n) is 7.77. The van der Waals surface area contributed by atoms with Crippen LogP contribution in [-0.2, 0) is 11.9 Å². The second-order valence-electron chi connectivity index (χ2n) is 2.79. The molecule has 90 valence electrons. The summed E-state index contributed by atoms with van der Waals surface area (Å²) < 4.78 is 39.7. The van der Waals surface area contributed by atoms with Gasteiger partial charge in [-0.15, -0.1) is 13.2 Å². The lowest BCUT2D eigenvalue weighted by Gasteiger charge is -2.13. The first-order valence-electron chi connectivity index (χ1n) is 4.05. The van der Waals surface area contributed by atoms with E-state index in [1.807, 2.05) is 0 Å². The largest absolute Gasteiger partial charge is 0.573 e. The van der Waals surface area contributed by atoms with Gasteiger partial charge >= 0.3 is 6.36 Å². The molecule has 0 fully saturated rings. The van der Waals surface area contributed by atoms with Crippen molar-refractivity contribution in [3.8, 4) is 5.75 Å². The van der Waals surface area contributed by atoms with Gasteiger partial charge in [-0.3, -0.25) is 4.79 Å². The van der Waals surface area contributed by atoms with E-state index >= 15 is 0 Å². The Labute approximate surface area is 96.2 Å². The SMILES string of the molecule is O=c1[nH]cc(CO)c(CBr)c1OC(F)(F)F. The maximum absolute atomic E-state index is 12.0. The predicted molar refractivity (Wildman–Crippen MR) is 52.3 cm³/mol. The van der Waals surface area contributed by atoms with Crippen LogP contribution in [0.4, 0.5) is 13.2 Å². The van der Waals surface area contributed by atoms with E-state index in [4.69, 9.17) is 5.11 Å². The predicted octanol–water partition coefficient (Wildman–Crippen LogP) is 1.66. The van der Waals surface area contributed by atoms with E-state index < -0.39 is 24.3 Å². The number of aromatic nitrogens is 1. The number of H-pyrrole nitrogens is 1. The number of rotatable bonds is 3. The van der Waals surface area contributed by atoms with E-state index in [-0.39, 0.29) is 16.5 Å². The monoisotopic (exact) mass is 301 g/mol. The van der Waals surface area contributed by atoms with Crippen molar-refractivity contribution in [1.82, 2.24) is 4.98 Å². The van der Waals surface area contributed by atoms with E-state index in [1.54, 1.807) is 0 Å². The number of ether oxygens (including phenoxy) is 1. The maximum atomic E-state index is 12.0. The van der Waals surface area contributed by atoms with Gasteiger partial charge in [-0.1, -0.05) is 15.9 Å². The third-order valence-electron chi connectivity index (χ3n) is 1.77. The number of aromatic amines is 1. The minimum atomic E-state index is -4.95. The normalized spacial score (nSPS) is 11.6. The molecule has 0 amide bonds. The molecule has 4 nitrogen and oxygen atoms in total. The van der Waals surface area contributed by atoms with Gasteiger partial charge in [0, 0.05) is 22.7 Å². The quantitative estimate of drug-likeness (QED) is 0.835. The minimum Gasteiger partial charge on any atom is -0.400 e. The van der Waals surface area contributed by atoms with Gasteiger partial charge in [-0.2, -0.15) is 0 Å². The molecule has 0 spiro atoms. The summed E-state index contributed by atoms with van der Waals surface area (Å²) in [5.74, 6) is -0.851. The zero-order chi connectivity index (χ0) is 12.3. The van der Waals surface area contributed by atoms with Crippen molar-refractivity contribution >= 4 is 15.9 Å². The van der Waals surface area contributed by atoms with Crippen molar-refractivity contribution in [2.45, 2.75) is 18.3 Å². The van der Waals surface area contributed by atoms with Gasteiger partial charge in [0.15, 0.2) is 5.75 Å². The molecule has 0 radical (unpaired) electrons. The lowest BCUT2D eigenvalue weighted by molar-refractivity contribution is -0.275. The first kappa shape index (κ1) is 13.0. The van der Waals surface area contributed by atoms with Crippen LogP contribution in [0.3, 0.4) is 0 Å². The van der Waals surface area contributed by atoms with Crippen LogP contribution in [0.2, 0.25) is 0 Å². The van der Waals surface area contributed by atoms with Crippen LogP contribution in [0.1, 0.15) is 11.1 Å². The fourth-order valence-corrected chi connectivity index (χ4v) is 1.71. The number of halogens is 4. The summed E-state index contributed by atoms with van der Waals surface area (Å²) in [6, 6.07) is 0. The summed E-state index contributed by atoms with van der Waals surface area (Å²) in [6.45, 7) is -0.494. The Bertz CT molecular complexity index is 430. The Hall–Kier alpha value is -1.02. The molecule has 0 aliphatic carbocycles. The van der Waals surface area contributed by atoms with Crippen molar-refractivity contribution in [3.63, 3.8) is 0 Å². The van der Waals surface area contributed by atoms with Gasteiger partial charge in [0.25, 0.3) is 5.56 Å². The molecule has 1 aromatic rings. The zero-order valence-corrected chi connectivity index (χ0v) is 9.35. The van der Waals surface area contributed by atoms with Gasteiger partial charge < -0.3 is 14.8 Å². The molecule has 0 bridgehead atoms. The van der Waals surface area contributed by atoms with Gasteiger partial charge in [0.2, 0.25) is 0 Å². The molecule has 1 heterocycles. The Morgan fingerprint density at radius 2 is 2.12 bits per heavy atom. The molecule has 0 aromatic carbocycles. The van der Waals surface area contributed by atoms with E-state index in [2.05, 4.69) is 25.7 Å². The van der Waals surface area contributed by atoms with Crippen LogP contribution in [0.25, 0.3) is 0 Å². The van der Waals surface area contributed by atoms with E-state index in [0.717, 1.165) is 6.20 Å². The topological polar surface area (TPSA) is 62.3 Å². The summed E-state index contributed by atoms with van der Waals surface area (Å²) in [7, 11) is 0. The lowest BCUT2D eigenvalue weighted by Crippen LogP contribution is -2.24. The molecule has 0 saturated heterocycles. The number of hydrogen-bond acceptors (Lipinski definition) is 3. The Morgan fingerprint density at radius 1 is 1.50 bits per heavy atom. The summed E-state index contributed by atoms with van der Waals surface area (Å²) in [4.78, 5) is 13.2. The van der Waals surface area contributed by atoms with Gasteiger partial charge in [0.1, 0.15) is 0 Å². The molecule has 2 N–H and O–H groups in total. The Kier molecular flexibility index (Phi) is 3.98. The number of nitrogens with one attached hydrogen (secondary N) is 1. The van der Waals surface area contributed by atoms with Crippen LogP contribution >= 0.6 is 15.9 Å². The maximum Gasteiger partial charge on any atom is 0.573 e. The summed E-state index contributed by atoms with van der Waals surface area (Å²) in [5, 5.41) is 8.85. The van der Waals surface area contributed by atoms with Gasteiger partial charge in [-0.05, 0) is 0 Å². The average Bonchev–Trinajstić information content (AvgIpc) is 2.19. The molecule has 1 rings (SSSR count). The minimum absolute atomic E-state index is 0.0245. The molecule has 0 atom stereocenters. The first-order valence-corrected chi connectivity index (χ1v) is 5.17. The number of pyridine rings is 1. The Morgan fingerprint density at radius 3 is 2.56 bits per heavy atom. The Balaban J connectivity index is 3.29. The molecular weight excluding hydrogens is 295 g/mol. The van der Waals surface area contributed by atoms with Gasteiger partial charge in [0.05, 0.1) is 6.61 Å². The van der Waals surface area contributed by atoms with Crippen LogP contribution in [-0.4, -0.2) is 16.5 Å². The third-order valence-corrected chi connectivity index (χ3v) is 2.33. The molecule has 0 saturated carbocycles. The van der Waals surface area contributed by atoms with E-state index in [0.29, 0.717) is 0 Å². The number of alkyl halides is 4. The van der Waals surface area contributed by atoms with Crippen molar-refractivity contribution in [2.75, 3.05) is 0 Å². The van der Waals surface area contributed by atoms with Crippen molar-refractivity contribution in [2.24, 2.45) is 0 Å². The molecule has 16 heavy (non-hydrogen) atoms. The van der Waals surface area contributed by atoms with Crippen LogP contribution in [0, 0.1) is 0 Å². The highest BCUT2D eigenvalue weighted by molar-refractivity contribution is 9.08. The third kappa shape index (κ3) is 2.99. The molecule has 0 aliphatic rings. The highest BCUT2D eigenvalue weighted by Crippen LogP contribution is 2.26. The van der Waals surface area contributed by atoms with Crippen LogP contribution < -0.4 is 10.3 Å². The fourth-order valence-electron chi connectivity index (χ4n) is 1.10. The molecule has 1 aromatic heterocycles. The van der Waals surface area contributed by atoms with Gasteiger partial charge in [-0.25, -0.2) is 0 Å². The number of hydrogen-bond donors (Lipinski definition) is 2. The number of aliphatic hydroxyl groups excluding tert-OH is 1. The smallest absolute Gasteiger partial charge is 0.400 e. The standard InChI is InChI=1S/C8H7BrF3NO3/c9-1-5-4(3-14)2-13-7(15)6(5)16-8(10,11)12/h2,14H,1,3H2,(H,13,15). The first-order chi connectivity index (χ1) is 7.39. The fraction of sp³-hybridized carbons (Fsp3) is 0.375. The molecular formula is C8H7BrF3NO3.